The third kappa shape index (κ3) is 8.00. The number of amides is 1. The molecule has 0 bridgehead atoms. The predicted octanol–water partition coefficient (Wildman–Crippen LogP) is 11.4. The van der Waals surface area contributed by atoms with Gasteiger partial charge in [0.1, 0.15) is 0 Å². The van der Waals surface area contributed by atoms with Crippen LogP contribution in [0, 0.1) is 0 Å². The molecule has 324 valence electrons. The standard InChI is InChI=1S/C28H35F23N2O/c1-5-9-13-53(14-10-6-2,15-52-17(54)12-8-4)16(11-7-3)18(29,30)19(31,32)20(33,34)21(35,36)22(37,38)23(39,40)24(41,42)25(43,44)26(45,46)27(47,48)28(49,50)51/h16H,5-15H2,1-4H3/p+1. The number of halogens is 23. The van der Waals surface area contributed by atoms with Gasteiger partial charge in [0, 0.05) is 12.8 Å². The number of quaternary nitrogens is 1. The topological polar surface area (TPSA) is 29.1 Å². The summed E-state index contributed by atoms with van der Waals surface area (Å²) in [6, 6.07) is -3.47. The van der Waals surface area contributed by atoms with Crippen LogP contribution in [0.2, 0.25) is 0 Å². The maximum atomic E-state index is 15.9. The average molecular weight is 854 g/mol. The van der Waals surface area contributed by atoms with Crippen LogP contribution in [0.5, 0.6) is 0 Å². The van der Waals surface area contributed by atoms with Crippen LogP contribution in [0.3, 0.4) is 0 Å². The minimum atomic E-state index is -9.44. The zero-order chi connectivity index (χ0) is 43.6. The monoisotopic (exact) mass is 853 g/mol. The van der Waals surface area contributed by atoms with Crippen molar-refractivity contribution >= 4 is 5.91 Å². The lowest BCUT2D eigenvalue weighted by molar-refractivity contribution is -0.963. The summed E-state index contributed by atoms with van der Waals surface area (Å²) in [6.45, 7) is 2.33. The second-order valence-corrected chi connectivity index (χ2v) is 12.5. The molecule has 3 nitrogen and oxygen atoms in total. The molecule has 0 aliphatic rings. The summed E-state index contributed by atoms with van der Waals surface area (Å²) in [5.41, 5.74) is 0. The van der Waals surface area contributed by atoms with Crippen LogP contribution < -0.4 is 5.32 Å². The molecule has 0 fully saturated rings. The first-order chi connectivity index (χ1) is 23.8. The second kappa shape index (κ2) is 16.4. The molecule has 0 saturated carbocycles. The van der Waals surface area contributed by atoms with Gasteiger partial charge in [0.15, 0.2) is 12.7 Å². The number of unbranched alkanes of at least 4 members (excludes halogenated alkanes) is 2. The van der Waals surface area contributed by atoms with Gasteiger partial charge in [-0.15, -0.1) is 0 Å². The van der Waals surface area contributed by atoms with Crippen molar-refractivity contribution in [1.29, 1.82) is 0 Å². The Morgan fingerprint density at radius 2 is 0.778 bits per heavy atom. The highest BCUT2D eigenvalue weighted by Crippen LogP contribution is 2.67. The predicted molar refractivity (Wildman–Crippen MR) is 142 cm³/mol. The maximum Gasteiger partial charge on any atom is 0.460 e. The highest BCUT2D eigenvalue weighted by atomic mass is 19.4. The van der Waals surface area contributed by atoms with Crippen LogP contribution in [-0.4, -0.2) is 102 Å². The Kier molecular flexibility index (Phi) is 15.7. The van der Waals surface area contributed by atoms with E-state index in [4.69, 9.17) is 0 Å². The van der Waals surface area contributed by atoms with E-state index in [9.17, 15) is 88.2 Å². The summed E-state index contributed by atoms with van der Waals surface area (Å²) in [7, 11) is 0. The average Bonchev–Trinajstić information content (AvgIpc) is 3.02. The minimum Gasteiger partial charge on any atom is -0.309 e. The molecule has 54 heavy (non-hydrogen) atoms. The van der Waals surface area contributed by atoms with E-state index >= 15 is 17.6 Å². The highest BCUT2D eigenvalue weighted by molar-refractivity contribution is 5.75. The summed E-state index contributed by atoms with van der Waals surface area (Å²) < 4.78 is 323. The first kappa shape index (κ1) is 51.8. The minimum absolute atomic E-state index is 0.00181. The first-order valence-electron chi connectivity index (χ1n) is 15.7. The van der Waals surface area contributed by atoms with E-state index in [2.05, 4.69) is 0 Å². The lowest BCUT2D eigenvalue weighted by atomic mass is 9.83. The second-order valence-electron chi connectivity index (χ2n) is 12.5. The smallest absolute Gasteiger partial charge is 0.309 e. The molecule has 0 radical (unpaired) electrons. The van der Waals surface area contributed by atoms with Gasteiger partial charge in [-0.3, -0.25) is 9.28 Å². The molecule has 0 rings (SSSR count). The van der Waals surface area contributed by atoms with Crippen molar-refractivity contribution in [3.05, 3.63) is 0 Å². The van der Waals surface area contributed by atoms with Crippen LogP contribution in [0.15, 0.2) is 0 Å². The van der Waals surface area contributed by atoms with E-state index in [1.807, 2.05) is 5.32 Å². The summed E-state index contributed by atoms with van der Waals surface area (Å²) in [5.74, 6) is -89.0. The molecule has 1 unspecified atom stereocenters. The van der Waals surface area contributed by atoms with Crippen molar-refractivity contribution in [2.45, 2.75) is 151 Å². The third-order valence-corrected chi connectivity index (χ3v) is 8.55. The van der Waals surface area contributed by atoms with Crippen LogP contribution in [-0.2, 0) is 4.79 Å². The Morgan fingerprint density at radius 3 is 1.06 bits per heavy atom. The van der Waals surface area contributed by atoms with E-state index in [0.717, 1.165) is 6.92 Å². The van der Waals surface area contributed by atoms with Crippen LogP contribution >= 0.6 is 0 Å². The molecule has 0 aromatic rings. The van der Waals surface area contributed by atoms with E-state index in [1.54, 1.807) is 0 Å². The Hall–Kier alpha value is -2.18. The zero-order valence-electron chi connectivity index (χ0n) is 28.4. The quantitative estimate of drug-likeness (QED) is 0.0619. The van der Waals surface area contributed by atoms with Crippen molar-refractivity contribution in [3.63, 3.8) is 0 Å². The van der Waals surface area contributed by atoms with Gasteiger partial charge in [-0.2, -0.15) is 101 Å². The largest absolute Gasteiger partial charge is 0.460 e. The van der Waals surface area contributed by atoms with Crippen molar-refractivity contribution in [2.75, 3.05) is 19.8 Å². The van der Waals surface area contributed by atoms with Gasteiger partial charge < -0.3 is 5.32 Å². The molecule has 26 heteroatoms. The summed E-state index contributed by atoms with van der Waals surface area (Å²) >= 11 is 0. The van der Waals surface area contributed by atoms with E-state index < -0.39 is 114 Å². The summed E-state index contributed by atoms with van der Waals surface area (Å²) in [4.78, 5) is 12.2. The van der Waals surface area contributed by atoms with Gasteiger partial charge in [-0.25, -0.2) is 0 Å². The van der Waals surface area contributed by atoms with Crippen molar-refractivity contribution in [2.24, 2.45) is 0 Å². The molecule has 0 aliphatic heterocycles. The van der Waals surface area contributed by atoms with Crippen LogP contribution in [0.4, 0.5) is 101 Å². The SMILES string of the molecule is CCCC[N+](CCCC)(CNC(=O)CCC)C(CCC)C(F)(F)C(F)(F)C(F)(F)C(F)(F)C(F)(F)C(F)(F)C(F)(F)C(F)(F)C(F)(F)C(F)(F)C(F)(F)F. The number of alkyl halides is 23. The molecule has 1 amide bonds. The van der Waals surface area contributed by atoms with Gasteiger partial charge in [0.05, 0.1) is 13.1 Å². The Labute approximate surface area is 292 Å². The number of carbonyl (C=O) groups is 1. The summed E-state index contributed by atoms with van der Waals surface area (Å²) in [6.07, 6.45) is -11.2. The van der Waals surface area contributed by atoms with Gasteiger partial charge >= 0.3 is 65.4 Å². The Balaban J connectivity index is 7.77. The van der Waals surface area contributed by atoms with Gasteiger partial charge in [-0.05, 0) is 19.3 Å². The number of nitrogens with zero attached hydrogens (tertiary/aromatic N) is 1. The molecule has 0 aliphatic carbocycles. The molecule has 0 aromatic carbocycles. The fraction of sp³-hybridized carbons (Fsp3) is 0.964. The number of hydrogen-bond donors (Lipinski definition) is 1. The molecular formula is C28H36F23N2O+. The first-order valence-corrected chi connectivity index (χ1v) is 15.7. The molecule has 0 saturated heterocycles. The third-order valence-electron chi connectivity index (χ3n) is 8.55. The van der Waals surface area contributed by atoms with Crippen LogP contribution in [0.25, 0.3) is 0 Å². The lowest BCUT2D eigenvalue weighted by Crippen LogP contribution is -2.79. The number of hydrogen-bond acceptors (Lipinski definition) is 1. The van der Waals surface area contributed by atoms with Gasteiger partial charge in [0.25, 0.3) is 0 Å². The molecule has 0 spiro atoms. The van der Waals surface area contributed by atoms with Gasteiger partial charge in [0.2, 0.25) is 5.91 Å². The molecular weight excluding hydrogens is 817 g/mol. The number of rotatable bonds is 23. The summed E-state index contributed by atoms with van der Waals surface area (Å²) in [5, 5.41) is 2.04. The lowest BCUT2D eigenvalue weighted by Gasteiger charge is -2.50. The highest BCUT2D eigenvalue weighted by Gasteiger charge is 2.99. The molecule has 1 atom stereocenters. The molecule has 0 heterocycles. The van der Waals surface area contributed by atoms with Crippen LogP contribution in [0.1, 0.15) is 79.1 Å². The molecule has 0 aromatic heterocycles. The fourth-order valence-corrected chi connectivity index (χ4v) is 5.25. The van der Waals surface area contributed by atoms with E-state index in [0.29, 0.717) is 0 Å². The Bertz CT molecular complexity index is 1220. The normalized spacial score (nSPS) is 16.1. The zero-order valence-corrected chi connectivity index (χ0v) is 28.4. The van der Waals surface area contributed by atoms with E-state index in [-0.39, 0.29) is 38.5 Å². The van der Waals surface area contributed by atoms with Crippen molar-refractivity contribution in [1.82, 2.24) is 5.32 Å². The fourth-order valence-electron chi connectivity index (χ4n) is 5.25. The number of nitrogens with one attached hydrogen (secondary N) is 1. The van der Waals surface area contributed by atoms with Gasteiger partial charge in [-0.1, -0.05) is 47.0 Å². The number of carbonyl (C=O) groups excluding carboxylic acids is 1. The van der Waals surface area contributed by atoms with E-state index in [1.165, 1.54) is 20.8 Å². The Morgan fingerprint density at radius 1 is 0.463 bits per heavy atom. The van der Waals surface area contributed by atoms with Crippen molar-refractivity contribution < 1.29 is 110 Å². The maximum absolute atomic E-state index is 15.9. The van der Waals surface area contributed by atoms with Crippen molar-refractivity contribution in [3.8, 4) is 0 Å². The molecule has 1 N–H and O–H groups in total.